The molecule has 1 aromatic carbocycles. The molecule has 3 unspecified atom stereocenters. The summed E-state index contributed by atoms with van der Waals surface area (Å²) >= 11 is 0. The highest BCUT2D eigenvalue weighted by molar-refractivity contribution is 5.50. The van der Waals surface area contributed by atoms with Crippen LogP contribution in [0.4, 0.5) is 0 Å². The Labute approximate surface area is 127 Å². The second kappa shape index (κ2) is 7.03. The fraction of sp³-hybridized carbons (Fsp3) is 0.647. The van der Waals surface area contributed by atoms with E-state index < -0.39 is 0 Å². The molecular weight excluding hydrogens is 266 g/mol. The zero-order valence-corrected chi connectivity index (χ0v) is 13.7. The molecule has 1 N–H and O–H groups in total. The van der Waals surface area contributed by atoms with Crippen LogP contribution in [0.2, 0.25) is 0 Å². The largest absolute Gasteiger partial charge is 0.496 e. The normalized spacial score (nSPS) is 24.9. The Morgan fingerprint density at radius 3 is 2.05 bits per heavy atom. The van der Waals surface area contributed by atoms with Gasteiger partial charge in [0, 0.05) is 24.7 Å². The number of benzene rings is 1. The maximum atomic E-state index is 5.49. The van der Waals surface area contributed by atoms with Crippen molar-refractivity contribution in [3.05, 3.63) is 17.7 Å². The number of hydrogen-bond donors (Lipinski definition) is 1. The molecule has 21 heavy (non-hydrogen) atoms. The highest BCUT2D eigenvalue weighted by atomic mass is 16.5. The summed E-state index contributed by atoms with van der Waals surface area (Å²) in [5, 5.41) is 3.66. The van der Waals surface area contributed by atoms with Crippen molar-refractivity contribution in [1.82, 2.24) is 5.32 Å². The van der Waals surface area contributed by atoms with Gasteiger partial charge < -0.3 is 19.5 Å². The number of hydrogen-bond acceptors (Lipinski definition) is 4. The van der Waals surface area contributed by atoms with Crippen molar-refractivity contribution in [2.24, 2.45) is 11.8 Å². The highest BCUT2D eigenvalue weighted by Gasteiger charge is 2.29. The van der Waals surface area contributed by atoms with E-state index in [2.05, 4.69) is 19.2 Å². The van der Waals surface area contributed by atoms with Crippen LogP contribution < -0.4 is 19.5 Å². The lowest BCUT2D eigenvalue weighted by Gasteiger charge is -2.21. The Hall–Kier alpha value is -1.42. The minimum Gasteiger partial charge on any atom is -0.496 e. The first kappa shape index (κ1) is 16.0. The summed E-state index contributed by atoms with van der Waals surface area (Å²) in [5.74, 6) is 3.85. The summed E-state index contributed by atoms with van der Waals surface area (Å²) in [7, 11) is 5.00. The van der Waals surface area contributed by atoms with Gasteiger partial charge in [0.2, 0.25) is 0 Å². The highest BCUT2D eigenvalue weighted by Crippen LogP contribution is 2.35. The predicted octanol–water partition coefficient (Wildman–Crippen LogP) is 3.24. The van der Waals surface area contributed by atoms with Crippen molar-refractivity contribution in [1.29, 1.82) is 0 Å². The maximum Gasteiger partial charge on any atom is 0.130 e. The third-order valence-corrected chi connectivity index (χ3v) is 4.82. The van der Waals surface area contributed by atoms with E-state index in [1.165, 1.54) is 12.8 Å². The minimum absolute atomic E-state index is 0.566. The summed E-state index contributed by atoms with van der Waals surface area (Å²) in [6.45, 7) is 5.41. The lowest BCUT2D eigenvalue weighted by atomic mass is 9.97. The first-order valence-corrected chi connectivity index (χ1v) is 7.63. The molecule has 0 amide bonds. The molecule has 2 rings (SSSR count). The maximum absolute atomic E-state index is 5.49. The molecule has 118 valence electrons. The topological polar surface area (TPSA) is 39.7 Å². The van der Waals surface area contributed by atoms with Gasteiger partial charge in [-0.2, -0.15) is 0 Å². The molecule has 1 aliphatic carbocycles. The molecule has 0 aliphatic heterocycles. The fourth-order valence-electron chi connectivity index (χ4n) is 3.14. The third kappa shape index (κ3) is 3.43. The first-order chi connectivity index (χ1) is 10.1. The predicted molar refractivity (Wildman–Crippen MR) is 84.3 cm³/mol. The van der Waals surface area contributed by atoms with Crippen LogP contribution in [0.15, 0.2) is 12.1 Å². The molecular formula is C17H27NO3. The van der Waals surface area contributed by atoms with E-state index in [-0.39, 0.29) is 0 Å². The average Bonchev–Trinajstić information content (AvgIpc) is 2.83. The van der Waals surface area contributed by atoms with Crippen molar-refractivity contribution in [3.8, 4) is 17.2 Å². The summed E-state index contributed by atoms with van der Waals surface area (Å²) in [6, 6.07) is 4.37. The Kier molecular flexibility index (Phi) is 5.34. The molecule has 1 aliphatic rings. The van der Waals surface area contributed by atoms with Gasteiger partial charge in [-0.3, -0.25) is 0 Å². The van der Waals surface area contributed by atoms with E-state index >= 15 is 0 Å². The van der Waals surface area contributed by atoms with Gasteiger partial charge in [-0.15, -0.1) is 0 Å². The van der Waals surface area contributed by atoms with Gasteiger partial charge >= 0.3 is 0 Å². The number of methoxy groups -OCH3 is 3. The van der Waals surface area contributed by atoms with Crippen LogP contribution >= 0.6 is 0 Å². The smallest absolute Gasteiger partial charge is 0.130 e. The third-order valence-electron chi connectivity index (χ3n) is 4.82. The molecule has 3 atom stereocenters. The van der Waals surface area contributed by atoms with E-state index in [9.17, 15) is 0 Å². The summed E-state index contributed by atoms with van der Waals surface area (Å²) in [6.07, 6.45) is 2.54. The van der Waals surface area contributed by atoms with Crippen LogP contribution in [-0.2, 0) is 6.54 Å². The van der Waals surface area contributed by atoms with Gasteiger partial charge in [0.05, 0.1) is 26.9 Å². The SMILES string of the molecule is COc1cc(OC)c(CNC2CCC(C)C2C)c(OC)c1. The number of ether oxygens (including phenoxy) is 3. The average molecular weight is 293 g/mol. The molecule has 4 nitrogen and oxygen atoms in total. The lowest BCUT2D eigenvalue weighted by molar-refractivity contribution is 0.348. The molecule has 0 aromatic heterocycles. The fourth-order valence-corrected chi connectivity index (χ4v) is 3.14. The van der Waals surface area contributed by atoms with E-state index in [0.29, 0.717) is 12.0 Å². The van der Waals surface area contributed by atoms with Gasteiger partial charge in [-0.25, -0.2) is 0 Å². The Morgan fingerprint density at radius 1 is 1.00 bits per heavy atom. The van der Waals surface area contributed by atoms with Gasteiger partial charge in [0.15, 0.2) is 0 Å². The minimum atomic E-state index is 0.566. The zero-order chi connectivity index (χ0) is 15.4. The Balaban J connectivity index is 2.15. The van der Waals surface area contributed by atoms with Crippen LogP contribution in [-0.4, -0.2) is 27.4 Å². The van der Waals surface area contributed by atoms with Gasteiger partial charge in [0.1, 0.15) is 17.2 Å². The molecule has 1 aromatic rings. The van der Waals surface area contributed by atoms with Crippen molar-refractivity contribution in [2.45, 2.75) is 39.3 Å². The van der Waals surface area contributed by atoms with E-state index in [1.807, 2.05) is 12.1 Å². The summed E-state index contributed by atoms with van der Waals surface area (Å²) < 4.78 is 16.3. The quantitative estimate of drug-likeness (QED) is 0.874. The van der Waals surface area contributed by atoms with Crippen molar-refractivity contribution < 1.29 is 14.2 Å². The molecule has 1 fully saturated rings. The molecule has 0 bridgehead atoms. The standard InChI is InChI=1S/C17H27NO3/c1-11-6-7-15(12(11)2)18-10-14-16(20-4)8-13(19-3)9-17(14)21-5/h8-9,11-12,15,18H,6-7,10H2,1-5H3. The van der Waals surface area contributed by atoms with Crippen LogP contribution in [0, 0.1) is 11.8 Å². The Bertz CT molecular complexity index is 450. The van der Waals surface area contributed by atoms with Crippen molar-refractivity contribution in [2.75, 3.05) is 21.3 Å². The number of nitrogens with one attached hydrogen (secondary N) is 1. The van der Waals surface area contributed by atoms with E-state index in [0.717, 1.165) is 35.3 Å². The van der Waals surface area contributed by atoms with Crippen LogP contribution in [0.1, 0.15) is 32.3 Å². The molecule has 4 heteroatoms. The summed E-state index contributed by atoms with van der Waals surface area (Å²) in [5.41, 5.74) is 1.05. The van der Waals surface area contributed by atoms with E-state index in [1.54, 1.807) is 21.3 Å². The second-order valence-electron chi connectivity index (χ2n) is 5.91. The molecule has 0 spiro atoms. The zero-order valence-electron chi connectivity index (χ0n) is 13.7. The van der Waals surface area contributed by atoms with E-state index in [4.69, 9.17) is 14.2 Å². The monoisotopic (exact) mass is 293 g/mol. The van der Waals surface area contributed by atoms with Gasteiger partial charge in [-0.1, -0.05) is 13.8 Å². The molecule has 0 heterocycles. The van der Waals surface area contributed by atoms with Crippen molar-refractivity contribution >= 4 is 0 Å². The van der Waals surface area contributed by atoms with Gasteiger partial charge in [0.25, 0.3) is 0 Å². The second-order valence-corrected chi connectivity index (χ2v) is 5.91. The molecule has 0 saturated heterocycles. The first-order valence-electron chi connectivity index (χ1n) is 7.63. The van der Waals surface area contributed by atoms with Crippen LogP contribution in [0.3, 0.4) is 0 Å². The molecule has 0 radical (unpaired) electrons. The van der Waals surface area contributed by atoms with Crippen molar-refractivity contribution in [3.63, 3.8) is 0 Å². The van der Waals surface area contributed by atoms with Crippen LogP contribution in [0.25, 0.3) is 0 Å². The van der Waals surface area contributed by atoms with Gasteiger partial charge in [-0.05, 0) is 24.7 Å². The summed E-state index contributed by atoms with van der Waals surface area (Å²) in [4.78, 5) is 0. The lowest BCUT2D eigenvalue weighted by Crippen LogP contribution is -2.32. The Morgan fingerprint density at radius 2 is 1.62 bits per heavy atom. The number of rotatable bonds is 6. The molecule has 1 saturated carbocycles. The van der Waals surface area contributed by atoms with Crippen LogP contribution in [0.5, 0.6) is 17.2 Å².